The van der Waals surface area contributed by atoms with E-state index in [1.807, 2.05) is 60.7 Å². The van der Waals surface area contributed by atoms with Gasteiger partial charge >= 0.3 is 0 Å². The van der Waals surface area contributed by atoms with Crippen molar-refractivity contribution in [1.82, 2.24) is 0 Å². The molecule has 24 heavy (non-hydrogen) atoms. The first-order chi connectivity index (χ1) is 11.9. The molecule has 0 aliphatic carbocycles. The minimum Gasteiger partial charge on any atom is -0.346 e. The van der Waals surface area contributed by atoms with E-state index in [1.54, 1.807) is 0 Å². The molecule has 0 amide bonds. The zero-order valence-corrected chi connectivity index (χ0v) is 13.0. The first-order valence-corrected chi connectivity index (χ1v) is 8.22. The van der Waals surface area contributed by atoms with E-state index >= 15 is 0 Å². The summed E-state index contributed by atoms with van der Waals surface area (Å²) in [5.41, 5.74) is 1.98. The minimum absolute atomic E-state index is 0.156. The fraction of sp³-hybridized carbons (Fsp3) is 0.368. The summed E-state index contributed by atoms with van der Waals surface area (Å²) in [6.45, 7) is 0.472. The van der Waals surface area contributed by atoms with Crippen molar-refractivity contribution < 1.29 is 23.7 Å². The molecule has 5 rings (SSSR count). The highest BCUT2D eigenvalue weighted by Gasteiger charge is 2.55. The summed E-state index contributed by atoms with van der Waals surface area (Å²) in [4.78, 5) is 0. The maximum Gasteiger partial charge on any atom is 0.190 e. The maximum absolute atomic E-state index is 6.14. The number of hydrogen-bond donors (Lipinski definition) is 0. The second kappa shape index (κ2) is 5.95. The highest BCUT2D eigenvalue weighted by atomic mass is 16.8. The van der Waals surface area contributed by atoms with Crippen molar-refractivity contribution >= 4 is 0 Å². The lowest BCUT2D eigenvalue weighted by molar-refractivity contribution is -0.273. The Morgan fingerprint density at radius 2 is 1.25 bits per heavy atom. The molecule has 3 aliphatic rings. The third-order valence-electron chi connectivity index (χ3n) is 4.64. The van der Waals surface area contributed by atoms with E-state index in [9.17, 15) is 0 Å². The van der Waals surface area contributed by atoms with Crippen LogP contribution in [0.25, 0.3) is 0 Å². The van der Waals surface area contributed by atoms with Gasteiger partial charge in [-0.25, -0.2) is 0 Å². The molecular weight excluding hydrogens is 308 g/mol. The Morgan fingerprint density at radius 3 is 1.96 bits per heavy atom. The van der Waals surface area contributed by atoms with Gasteiger partial charge in [-0.2, -0.15) is 0 Å². The van der Waals surface area contributed by atoms with Crippen molar-refractivity contribution in [3.63, 3.8) is 0 Å². The summed E-state index contributed by atoms with van der Waals surface area (Å²) in [6.07, 6.45) is -1.81. The van der Waals surface area contributed by atoms with Crippen LogP contribution in [0.15, 0.2) is 60.7 Å². The van der Waals surface area contributed by atoms with E-state index in [0.29, 0.717) is 6.61 Å². The van der Waals surface area contributed by atoms with Crippen molar-refractivity contribution in [1.29, 1.82) is 0 Å². The molecule has 5 nitrogen and oxygen atoms in total. The summed E-state index contributed by atoms with van der Waals surface area (Å²) >= 11 is 0. The largest absolute Gasteiger partial charge is 0.346 e. The summed E-state index contributed by atoms with van der Waals surface area (Å²) in [6, 6.07) is 19.8. The lowest BCUT2D eigenvalue weighted by atomic mass is 10.1. The zero-order chi connectivity index (χ0) is 15.9. The van der Waals surface area contributed by atoms with E-state index in [-0.39, 0.29) is 18.3 Å². The van der Waals surface area contributed by atoms with E-state index in [4.69, 9.17) is 23.7 Å². The Hall–Kier alpha value is -1.76. The lowest BCUT2D eigenvalue weighted by Gasteiger charge is -2.33. The van der Waals surface area contributed by atoms with Crippen LogP contribution in [0.3, 0.4) is 0 Å². The average Bonchev–Trinajstić information content (AvgIpc) is 3.21. The quantitative estimate of drug-likeness (QED) is 0.849. The van der Waals surface area contributed by atoms with Crippen LogP contribution in [-0.2, 0) is 23.7 Å². The van der Waals surface area contributed by atoms with Crippen LogP contribution in [0.5, 0.6) is 0 Å². The van der Waals surface area contributed by atoms with E-state index < -0.39 is 18.9 Å². The predicted molar refractivity (Wildman–Crippen MR) is 83.8 cm³/mol. The van der Waals surface area contributed by atoms with Gasteiger partial charge in [0, 0.05) is 11.1 Å². The molecule has 0 radical (unpaired) electrons. The maximum atomic E-state index is 6.14. The molecular formula is C19H18O5. The molecule has 0 spiro atoms. The average molecular weight is 326 g/mol. The Kier molecular flexibility index (Phi) is 3.61. The molecule has 3 saturated heterocycles. The van der Waals surface area contributed by atoms with Gasteiger partial charge in [-0.3, -0.25) is 0 Å². The molecule has 124 valence electrons. The molecule has 3 heterocycles. The van der Waals surface area contributed by atoms with Gasteiger partial charge in [0.1, 0.15) is 18.3 Å². The molecule has 0 saturated carbocycles. The lowest BCUT2D eigenvalue weighted by Crippen LogP contribution is -2.43. The van der Waals surface area contributed by atoms with Crippen molar-refractivity contribution in [2.24, 2.45) is 0 Å². The van der Waals surface area contributed by atoms with Crippen LogP contribution in [0, 0.1) is 0 Å². The molecule has 0 N–H and O–H groups in total. The SMILES string of the molecule is c1ccc(C2OC[C@H]3O[C@@H]4OC(c5ccccc5)O[C@@H]4[C@H]3O2)cc1. The summed E-state index contributed by atoms with van der Waals surface area (Å²) in [5, 5.41) is 0. The van der Waals surface area contributed by atoms with Crippen LogP contribution in [0.4, 0.5) is 0 Å². The standard InChI is InChI=1S/C19H18O5/c1-3-7-12(8-4-1)17-20-11-14-15(22-17)16-19(21-14)24-18(23-16)13-9-5-2-6-10-13/h1-10,14-19H,11H2/t14-,15+,16-,17?,18?,19-/m1/s1. The van der Waals surface area contributed by atoms with Gasteiger partial charge in [0.2, 0.25) is 0 Å². The number of fused-ring (bicyclic) bond motifs is 3. The second-order valence-corrected chi connectivity index (χ2v) is 6.20. The third kappa shape index (κ3) is 2.46. The first-order valence-electron chi connectivity index (χ1n) is 8.22. The van der Waals surface area contributed by atoms with Gasteiger partial charge < -0.3 is 23.7 Å². The van der Waals surface area contributed by atoms with Gasteiger partial charge in [-0.15, -0.1) is 0 Å². The molecule has 5 heteroatoms. The first kappa shape index (κ1) is 14.6. The molecule has 2 unspecified atom stereocenters. The van der Waals surface area contributed by atoms with Crippen molar-refractivity contribution in [2.45, 2.75) is 37.2 Å². The Bertz CT molecular complexity index is 691. The summed E-state index contributed by atoms with van der Waals surface area (Å²) in [5.74, 6) is 0. The normalized spacial score (nSPS) is 37.8. The second-order valence-electron chi connectivity index (χ2n) is 6.20. The Balaban J connectivity index is 1.33. The molecule has 6 atom stereocenters. The number of ether oxygens (including phenoxy) is 5. The van der Waals surface area contributed by atoms with Gasteiger partial charge in [0.15, 0.2) is 18.9 Å². The van der Waals surface area contributed by atoms with Gasteiger partial charge in [0.25, 0.3) is 0 Å². The molecule has 2 aromatic carbocycles. The third-order valence-corrected chi connectivity index (χ3v) is 4.64. The van der Waals surface area contributed by atoms with Crippen LogP contribution in [0.2, 0.25) is 0 Å². The molecule has 3 fully saturated rings. The summed E-state index contributed by atoms with van der Waals surface area (Å²) < 4.78 is 29.9. The topological polar surface area (TPSA) is 46.2 Å². The fourth-order valence-corrected chi connectivity index (χ4v) is 3.46. The minimum atomic E-state index is -0.414. The van der Waals surface area contributed by atoms with Crippen LogP contribution >= 0.6 is 0 Å². The van der Waals surface area contributed by atoms with Crippen LogP contribution in [-0.4, -0.2) is 31.2 Å². The summed E-state index contributed by atoms with van der Waals surface area (Å²) in [7, 11) is 0. The fourth-order valence-electron chi connectivity index (χ4n) is 3.46. The molecule has 2 aromatic rings. The van der Waals surface area contributed by atoms with Crippen molar-refractivity contribution in [2.75, 3.05) is 6.61 Å². The van der Waals surface area contributed by atoms with Gasteiger partial charge in [-0.05, 0) is 0 Å². The molecule has 0 bridgehead atoms. The molecule has 3 aliphatic heterocycles. The highest BCUT2D eigenvalue weighted by Crippen LogP contribution is 2.43. The smallest absolute Gasteiger partial charge is 0.190 e. The van der Waals surface area contributed by atoms with Crippen molar-refractivity contribution in [3.8, 4) is 0 Å². The Morgan fingerprint density at radius 1 is 0.625 bits per heavy atom. The van der Waals surface area contributed by atoms with Crippen molar-refractivity contribution in [3.05, 3.63) is 71.8 Å². The van der Waals surface area contributed by atoms with E-state index in [0.717, 1.165) is 11.1 Å². The number of rotatable bonds is 2. The number of benzene rings is 2. The predicted octanol–water partition coefficient (Wildman–Crippen LogP) is 2.94. The number of hydrogen-bond acceptors (Lipinski definition) is 5. The van der Waals surface area contributed by atoms with Crippen LogP contribution < -0.4 is 0 Å². The monoisotopic (exact) mass is 326 g/mol. The van der Waals surface area contributed by atoms with Gasteiger partial charge in [-0.1, -0.05) is 60.7 Å². The van der Waals surface area contributed by atoms with Crippen LogP contribution in [0.1, 0.15) is 23.7 Å². The van der Waals surface area contributed by atoms with E-state index in [2.05, 4.69) is 0 Å². The van der Waals surface area contributed by atoms with Gasteiger partial charge in [0.05, 0.1) is 6.61 Å². The van der Waals surface area contributed by atoms with E-state index in [1.165, 1.54) is 0 Å². The zero-order valence-electron chi connectivity index (χ0n) is 13.0. The molecule has 0 aromatic heterocycles. The highest BCUT2D eigenvalue weighted by molar-refractivity contribution is 5.18. The Labute approximate surface area is 140 Å².